The van der Waals surface area contributed by atoms with Crippen molar-refractivity contribution in [3.63, 3.8) is 0 Å². The van der Waals surface area contributed by atoms with E-state index in [4.69, 9.17) is 4.74 Å². The second-order valence-corrected chi connectivity index (χ2v) is 4.46. The van der Waals surface area contributed by atoms with E-state index in [1.165, 1.54) is 13.2 Å². The second-order valence-electron chi connectivity index (χ2n) is 3.61. The van der Waals surface area contributed by atoms with Crippen LogP contribution in [0.1, 0.15) is 16.8 Å². The first-order valence-corrected chi connectivity index (χ1v) is 6.17. The van der Waals surface area contributed by atoms with E-state index in [2.05, 4.69) is 20.7 Å². The minimum absolute atomic E-state index is 0.0822. The highest BCUT2D eigenvalue weighted by atomic mass is 79.9. The lowest BCUT2D eigenvalue weighted by Crippen LogP contribution is -2.10. The standard InChI is InChI=1S/C12H12BrF3O3/c1-18-11-5-9(14)8(13)4-7(11)10(17)2-3-19-6-12(15)16/h4-5,12H,2-3,6H2,1H3. The zero-order valence-electron chi connectivity index (χ0n) is 10.1. The first kappa shape index (κ1) is 16.0. The van der Waals surface area contributed by atoms with Gasteiger partial charge in [-0.25, -0.2) is 13.2 Å². The fourth-order valence-electron chi connectivity index (χ4n) is 1.39. The molecule has 0 radical (unpaired) electrons. The molecule has 0 N–H and O–H groups in total. The fraction of sp³-hybridized carbons (Fsp3) is 0.417. The Morgan fingerprint density at radius 1 is 1.42 bits per heavy atom. The quantitative estimate of drug-likeness (QED) is 0.563. The molecule has 0 heterocycles. The van der Waals surface area contributed by atoms with Crippen molar-refractivity contribution in [1.29, 1.82) is 0 Å². The van der Waals surface area contributed by atoms with E-state index in [0.717, 1.165) is 6.07 Å². The van der Waals surface area contributed by atoms with Gasteiger partial charge >= 0.3 is 0 Å². The molecule has 1 rings (SSSR count). The zero-order chi connectivity index (χ0) is 14.4. The van der Waals surface area contributed by atoms with E-state index in [0.29, 0.717) is 0 Å². The van der Waals surface area contributed by atoms with Crippen LogP contribution in [-0.2, 0) is 4.74 Å². The van der Waals surface area contributed by atoms with Crippen LogP contribution in [0, 0.1) is 5.82 Å². The van der Waals surface area contributed by atoms with Gasteiger partial charge < -0.3 is 9.47 Å². The molecular formula is C12H12BrF3O3. The molecule has 0 bridgehead atoms. The van der Waals surface area contributed by atoms with E-state index >= 15 is 0 Å². The molecule has 0 aliphatic rings. The molecule has 0 aliphatic heterocycles. The highest BCUT2D eigenvalue weighted by Gasteiger charge is 2.16. The van der Waals surface area contributed by atoms with Gasteiger partial charge in [-0.1, -0.05) is 0 Å². The first-order chi connectivity index (χ1) is 8.95. The summed E-state index contributed by atoms with van der Waals surface area (Å²) >= 11 is 2.97. The van der Waals surface area contributed by atoms with Gasteiger partial charge in [-0.05, 0) is 22.0 Å². The number of hydrogen-bond acceptors (Lipinski definition) is 3. The van der Waals surface area contributed by atoms with Gasteiger partial charge in [-0.2, -0.15) is 0 Å². The summed E-state index contributed by atoms with van der Waals surface area (Å²) in [6.45, 7) is -0.834. The second kappa shape index (κ2) is 7.49. The molecule has 0 aliphatic carbocycles. The molecule has 0 fully saturated rings. The van der Waals surface area contributed by atoms with Crippen LogP contribution in [0.15, 0.2) is 16.6 Å². The predicted octanol–water partition coefficient (Wildman–Crippen LogP) is 3.45. The van der Waals surface area contributed by atoms with Crippen LogP contribution < -0.4 is 4.74 Å². The van der Waals surface area contributed by atoms with E-state index in [-0.39, 0.29) is 34.6 Å². The molecule has 0 unspecified atom stereocenters. The lowest BCUT2D eigenvalue weighted by molar-refractivity contribution is 0.0169. The van der Waals surface area contributed by atoms with Crippen LogP contribution in [0.2, 0.25) is 0 Å². The van der Waals surface area contributed by atoms with Crippen LogP contribution in [-0.4, -0.2) is 32.5 Å². The van der Waals surface area contributed by atoms with E-state index in [9.17, 15) is 18.0 Å². The highest BCUT2D eigenvalue weighted by molar-refractivity contribution is 9.10. The minimum Gasteiger partial charge on any atom is -0.496 e. The fourth-order valence-corrected chi connectivity index (χ4v) is 1.73. The van der Waals surface area contributed by atoms with Crippen molar-refractivity contribution in [3.8, 4) is 5.75 Å². The van der Waals surface area contributed by atoms with Gasteiger partial charge in [0.15, 0.2) is 5.78 Å². The molecule has 0 saturated carbocycles. The third-order valence-electron chi connectivity index (χ3n) is 2.26. The third-order valence-corrected chi connectivity index (χ3v) is 2.87. The Bertz CT molecular complexity index is 452. The molecule has 1 aromatic carbocycles. The van der Waals surface area contributed by atoms with Gasteiger partial charge in [0.05, 0.1) is 23.8 Å². The molecule has 7 heteroatoms. The Balaban J connectivity index is 2.68. The van der Waals surface area contributed by atoms with Crippen LogP contribution >= 0.6 is 15.9 Å². The van der Waals surface area contributed by atoms with Crippen LogP contribution in [0.5, 0.6) is 5.75 Å². The van der Waals surface area contributed by atoms with Crippen molar-refractivity contribution in [2.75, 3.05) is 20.3 Å². The summed E-state index contributed by atoms with van der Waals surface area (Å²) in [5.41, 5.74) is 0.177. The summed E-state index contributed by atoms with van der Waals surface area (Å²) in [5.74, 6) is -0.825. The lowest BCUT2D eigenvalue weighted by Gasteiger charge is -2.09. The number of Topliss-reactive ketones (excluding diaryl/α,β-unsaturated/α-hetero) is 1. The summed E-state index contributed by atoms with van der Waals surface area (Å²) in [6, 6.07) is 2.38. The monoisotopic (exact) mass is 340 g/mol. The number of alkyl halides is 2. The van der Waals surface area contributed by atoms with Crippen molar-refractivity contribution in [3.05, 3.63) is 28.0 Å². The summed E-state index contributed by atoms with van der Waals surface area (Å²) in [4.78, 5) is 11.8. The van der Waals surface area contributed by atoms with Crippen molar-refractivity contribution in [1.82, 2.24) is 0 Å². The molecule has 0 aromatic heterocycles. The summed E-state index contributed by atoms with van der Waals surface area (Å²) in [5, 5.41) is 0. The van der Waals surface area contributed by atoms with Gasteiger partial charge in [0, 0.05) is 12.5 Å². The molecule has 0 spiro atoms. The zero-order valence-corrected chi connectivity index (χ0v) is 11.7. The average molecular weight is 341 g/mol. The summed E-state index contributed by atoms with van der Waals surface area (Å²) in [7, 11) is 1.31. The average Bonchev–Trinajstić information content (AvgIpc) is 2.36. The maximum absolute atomic E-state index is 13.3. The molecular weight excluding hydrogens is 329 g/mol. The smallest absolute Gasteiger partial charge is 0.261 e. The SMILES string of the molecule is COc1cc(F)c(Br)cc1C(=O)CCOCC(F)F. The summed E-state index contributed by atoms with van der Waals surface area (Å²) < 4.78 is 46.6. The minimum atomic E-state index is -2.57. The predicted molar refractivity (Wildman–Crippen MR) is 66.4 cm³/mol. The number of ketones is 1. The third kappa shape index (κ3) is 4.83. The van der Waals surface area contributed by atoms with E-state index in [1.54, 1.807) is 0 Å². The molecule has 0 saturated heterocycles. The largest absolute Gasteiger partial charge is 0.496 e. The Morgan fingerprint density at radius 3 is 2.68 bits per heavy atom. The maximum atomic E-state index is 13.3. The number of benzene rings is 1. The van der Waals surface area contributed by atoms with Crippen LogP contribution in [0.4, 0.5) is 13.2 Å². The Hall–Kier alpha value is -1.08. The van der Waals surface area contributed by atoms with Crippen molar-refractivity contribution in [2.24, 2.45) is 0 Å². The van der Waals surface area contributed by atoms with Gasteiger partial charge in [0.1, 0.15) is 18.2 Å². The van der Waals surface area contributed by atoms with Gasteiger partial charge in [-0.3, -0.25) is 4.79 Å². The van der Waals surface area contributed by atoms with Gasteiger partial charge in [-0.15, -0.1) is 0 Å². The molecule has 3 nitrogen and oxygen atoms in total. The Labute approximate surface area is 116 Å². The van der Waals surface area contributed by atoms with Crippen molar-refractivity contribution < 1.29 is 27.4 Å². The topological polar surface area (TPSA) is 35.5 Å². The van der Waals surface area contributed by atoms with Gasteiger partial charge in [0.2, 0.25) is 0 Å². The molecule has 19 heavy (non-hydrogen) atoms. The van der Waals surface area contributed by atoms with Gasteiger partial charge in [0.25, 0.3) is 6.43 Å². The Morgan fingerprint density at radius 2 is 2.11 bits per heavy atom. The highest BCUT2D eigenvalue weighted by Crippen LogP contribution is 2.27. The summed E-state index contributed by atoms with van der Waals surface area (Å²) in [6.07, 6.45) is -2.65. The number of carbonyl (C=O) groups is 1. The number of rotatable bonds is 7. The molecule has 0 amide bonds. The molecule has 106 valence electrons. The van der Waals surface area contributed by atoms with Crippen molar-refractivity contribution in [2.45, 2.75) is 12.8 Å². The lowest BCUT2D eigenvalue weighted by atomic mass is 10.1. The Kier molecular flexibility index (Phi) is 6.30. The molecule has 1 aromatic rings. The maximum Gasteiger partial charge on any atom is 0.261 e. The molecule has 0 atom stereocenters. The first-order valence-electron chi connectivity index (χ1n) is 5.37. The number of hydrogen-bond donors (Lipinski definition) is 0. The number of methoxy groups -OCH3 is 1. The number of halogens is 4. The normalized spacial score (nSPS) is 10.8. The number of carbonyl (C=O) groups excluding carboxylic acids is 1. The van der Waals surface area contributed by atoms with Crippen LogP contribution in [0.3, 0.4) is 0 Å². The van der Waals surface area contributed by atoms with E-state index < -0.39 is 18.8 Å². The van der Waals surface area contributed by atoms with Crippen LogP contribution in [0.25, 0.3) is 0 Å². The van der Waals surface area contributed by atoms with Crippen molar-refractivity contribution >= 4 is 21.7 Å². The number of ether oxygens (including phenoxy) is 2. The van der Waals surface area contributed by atoms with E-state index in [1.807, 2.05) is 0 Å².